The van der Waals surface area contributed by atoms with E-state index < -0.39 is 10.7 Å². The van der Waals surface area contributed by atoms with E-state index in [1.165, 1.54) is 42.5 Å². The summed E-state index contributed by atoms with van der Waals surface area (Å²) in [6.07, 6.45) is 1.49. The fourth-order valence-electron chi connectivity index (χ4n) is 1.73. The van der Waals surface area contributed by atoms with Crippen molar-refractivity contribution in [2.75, 3.05) is 0 Å². The average Bonchev–Trinajstić information content (AvgIpc) is 2.45. The summed E-state index contributed by atoms with van der Waals surface area (Å²) in [6.45, 7) is 0. The van der Waals surface area contributed by atoms with Gasteiger partial charge in [-0.25, -0.2) is 4.39 Å². The van der Waals surface area contributed by atoms with Crippen LogP contribution in [0.3, 0.4) is 0 Å². The molecule has 20 heavy (non-hydrogen) atoms. The van der Waals surface area contributed by atoms with Gasteiger partial charge < -0.3 is 0 Å². The molecule has 0 aliphatic rings. The normalized spacial score (nSPS) is 10.9. The first-order chi connectivity index (χ1) is 9.60. The van der Waals surface area contributed by atoms with E-state index in [2.05, 4.69) is 0 Å². The maximum atomic E-state index is 13.1. The molecule has 0 unspecified atom stereocenters. The summed E-state index contributed by atoms with van der Waals surface area (Å²) in [5, 5.41) is 19.9. The SMILES string of the molecule is N#CC(=Cc1cccc(F)c1)c1cccc([N+](=O)[O-])c1. The number of nitro groups is 1. The van der Waals surface area contributed by atoms with Gasteiger partial charge in [-0.05, 0) is 29.3 Å². The van der Waals surface area contributed by atoms with Gasteiger partial charge in [-0.2, -0.15) is 5.26 Å². The molecule has 0 saturated heterocycles. The molecule has 2 rings (SSSR count). The van der Waals surface area contributed by atoms with Crippen molar-refractivity contribution < 1.29 is 9.31 Å². The Labute approximate surface area is 114 Å². The summed E-state index contributed by atoms with van der Waals surface area (Å²) in [5.41, 5.74) is 1.08. The highest BCUT2D eigenvalue weighted by Crippen LogP contribution is 2.22. The summed E-state index contributed by atoms with van der Waals surface area (Å²) < 4.78 is 13.1. The van der Waals surface area contributed by atoms with E-state index in [0.29, 0.717) is 11.1 Å². The topological polar surface area (TPSA) is 66.9 Å². The van der Waals surface area contributed by atoms with Gasteiger partial charge in [0.05, 0.1) is 16.6 Å². The van der Waals surface area contributed by atoms with Crippen molar-refractivity contribution in [2.45, 2.75) is 0 Å². The predicted octanol–water partition coefficient (Wildman–Crippen LogP) is 3.80. The first kappa shape index (κ1) is 13.4. The Morgan fingerprint density at radius 3 is 2.65 bits per heavy atom. The van der Waals surface area contributed by atoms with Gasteiger partial charge in [-0.1, -0.05) is 24.3 Å². The molecule has 98 valence electrons. The third-order valence-corrected chi connectivity index (χ3v) is 2.65. The number of allylic oxidation sites excluding steroid dienone is 1. The van der Waals surface area contributed by atoms with E-state index in [1.54, 1.807) is 12.1 Å². The monoisotopic (exact) mass is 268 g/mol. The summed E-state index contributed by atoms with van der Waals surface area (Å²) in [5.74, 6) is -0.407. The van der Waals surface area contributed by atoms with Crippen LogP contribution in [0.15, 0.2) is 48.5 Å². The van der Waals surface area contributed by atoms with Crippen molar-refractivity contribution in [1.82, 2.24) is 0 Å². The number of nitro benzene ring substituents is 1. The van der Waals surface area contributed by atoms with Crippen molar-refractivity contribution in [3.63, 3.8) is 0 Å². The van der Waals surface area contributed by atoms with E-state index in [1.807, 2.05) is 6.07 Å². The highest BCUT2D eigenvalue weighted by molar-refractivity contribution is 5.90. The van der Waals surface area contributed by atoms with Crippen molar-refractivity contribution in [1.29, 1.82) is 5.26 Å². The molecule has 0 radical (unpaired) electrons. The van der Waals surface area contributed by atoms with Crippen LogP contribution in [0.2, 0.25) is 0 Å². The molecule has 2 aromatic carbocycles. The Morgan fingerprint density at radius 2 is 2.00 bits per heavy atom. The summed E-state index contributed by atoms with van der Waals surface area (Å²) in [6, 6.07) is 13.5. The number of nitrogens with zero attached hydrogens (tertiary/aromatic N) is 2. The van der Waals surface area contributed by atoms with Crippen molar-refractivity contribution >= 4 is 17.3 Å². The Kier molecular flexibility index (Phi) is 3.87. The van der Waals surface area contributed by atoms with E-state index in [4.69, 9.17) is 5.26 Å². The van der Waals surface area contributed by atoms with Crippen molar-refractivity contribution in [2.24, 2.45) is 0 Å². The van der Waals surface area contributed by atoms with Crippen LogP contribution in [0.5, 0.6) is 0 Å². The number of rotatable bonds is 3. The van der Waals surface area contributed by atoms with Crippen LogP contribution in [0.25, 0.3) is 11.6 Å². The first-order valence-corrected chi connectivity index (χ1v) is 5.72. The zero-order valence-corrected chi connectivity index (χ0v) is 10.3. The molecule has 0 aliphatic heterocycles. The molecular weight excluding hydrogens is 259 g/mol. The highest BCUT2D eigenvalue weighted by Gasteiger charge is 2.08. The zero-order valence-electron chi connectivity index (χ0n) is 10.3. The van der Waals surface area contributed by atoms with E-state index >= 15 is 0 Å². The lowest BCUT2D eigenvalue weighted by Gasteiger charge is -2.00. The average molecular weight is 268 g/mol. The van der Waals surface area contributed by atoms with Gasteiger partial charge in [0.1, 0.15) is 5.82 Å². The summed E-state index contributed by atoms with van der Waals surface area (Å²) in [7, 11) is 0. The standard InChI is InChI=1S/C15H9FN2O2/c16-14-5-1-3-11(8-14)7-13(10-17)12-4-2-6-15(9-12)18(19)20/h1-9H. The van der Waals surface area contributed by atoms with Gasteiger partial charge in [0, 0.05) is 12.1 Å². The van der Waals surface area contributed by atoms with Crippen LogP contribution in [0.4, 0.5) is 10.1 Å². The van der Waals surface area contributed by atoms with Gasteiger partial charge in [0.15, 0.2) is 0 Å². The summed E-state index contributed by atoms with van der Waals surface area (Å²) in [4.78, 5) is 10.2. The molecule has 2 aromatic rings. The lowest BCUT2D eigenvalue weighted by molar-refractivity contribution is -0.384. The fraction of sp³-hybridized carbons (Fsp3) is 0. The Bertz CT molecular complexity index is 733. The second-order valence-corrected chi connectivity index (χ2v) is 4.03. The third kappa shape index (κ3) is 3.06. The number of halogens is 1. The molecular formula is C15H9FN2O2. The Balaban J connectivity index is 2.45. The van der Waals surface area contributed by atoms with Crippen LogP contribution in [0.1, 0.15) is 11.1 Å². The fourth-order valence-corrected chi connectivity index (χ4v) is 1.73. The molecule has 0 amide bonds. The van der Waals surface area contributed by atoms with Gasteiger partial charge in [0.2, 0.25) is 0 Å². The molecule has 0 atom stereocenters. The van der Waals surface area contributed by atoms with Crippen molar-refractivity contribution in [3.8, 4) is 6.07 Å². The van der Waals surface area contributed by atoms with Crippen LogP contribution in [-0.2, 0) is 0 Å². The number of nitriles is 1. The highest BCUT2D eigenvalue weighted by atomic mass is 19.1. The number of non-ortho nitro benzene ring substituents is 1. The zero-order chi connectivity index (χ0) is 14.5. The molecule has 0 fully saturated rings. The van der Waals surface area contributed by atoms with E-state index in [0.717, 1.165) is 0 Å². The van der Waals surface area contributed by atoms with Crippen molar-refractivity contribution in [3.05, 3.63) is 75.6 Å². The minimum absolute atomic E-state index is 0.0945. The molecule has 0 spiro atoms. The quantitative estimate of drug-likeness (QED) is 0.368. The second kappa shape index (κ2) is 5.76. The molecule has 0 bridgehead atoms. The summed E-state index contributed by atoms with van der Waals surface area (Å²) >= 11 is 0. The second-order valence-electron chi connectivity index (χ2n) is 4.03. The van der Waals surface area contributed by atoms with Gasteiger partial charge >= 0.3 is 0 Å². The van der Waals surface area contributed by atoms with Crippen LogP contribution < -0.4 is 0 Å². The predicted molar refractivity (Wildman–Crippen MR) is 73.0 cm³/mol. The largest absolute Gasteiger partial charge is 0.270 e. The van der Waals surface area contributed by atoms with E-state index in [-0.39, 0.29) is 11.3 Å². The van der Waals surface area contributed by atoms with Crippen LogP contribution in [-0.4, -0.2) is 4.92 Å². The maximum absolute atomic E-state index is 13.1. The van der Waals surface area contributed by atoms with Gasteiger partial charge in [-0.15, -0.1) is 0 Å². The van der Waals surface area contributed by atoms with Crippen LogP contribution >= 0.6 is 0 Å². The molecule has 0 heterocycles. The molecule has 0 saturated carbocycles. The molecule has 5 heteroatoms. The lowest BCUT2D eigenvalue weighted by Crippen LogP contribution is -1.89. The lowest BCUT2D eigenvalue weighted by atomic mass is 10.0. The van der Waals surface area contributed by atoms with Gasteiger partial charge in [-0.3, -0.25) is 10.1 Å². The minimum Gasteiger partial charge on any atom is -0.258 e. The molecule has 4 nitrogen and oxygen atoms in total. The molecule has 0 aromatic heterocycles. The minimum atomic E-state index is -0.527. The number of hydrogen-bond acceptors (Lipinski definition) is 3. The first-order valence-electron chi connectivity index (χ1n) is 5.72. The number of hydrogen-bond donors (Lipinski definition) is 0. The molecule has 0 aliphatic carbocycles. The van der Waals surface area contributed by atoms with Gasteiger partial charge in [0.25, 0.3) is 5.69 Å². The maximum Gasteiger partial charge on any atom is 0.270 e. The Hall–Kier alpha value is -3.00. The smallest absolute Gasteiger partial charge is 0.258 e. The van der Waals surface area contributed by atoms with Crippen LogP contribution in [0, 0.1) is 27.3 Å². The number of benzene rings is 2. The molecule has 0 N–H and O–H groups in total. The third-order valence-electron chi connectivity index (χ3n) is 2.65. The van der Waals surface area contributed by atoms with E-state index in [9.17, 15) is 14.5 Å². The Morgan fingerprint density at radius 1 is 1.25 bits per heavy atom.